The average molecular weight is 494 g/mol. The normalized spacial score (nSPS) is 34.6. The molecule has 10 N–H and O–H groups in total. The van der Waals surface area contributed by atoms with Crippen molar-refractivity contribution in [1.82, 2.24) is 0 Å². The highest BCUT2D eigenvalue weighted by atomic mass is 31.2. The molecule has 1 rings (SSSR count). The summed E-state index contributed by atoms with van der Waals surface area (Å²) in [5, 5.41) is 47.8. The number of phosphoric ester groups is 3. The predicted octanol–water partition coefficient (Wildman–Crippen LogP) is -4.11. The Balaban J connectivity index is 3.13. The molecule has 0 aromatic heterocycles. The molecule has 1 unspecified atom stereocenters. The second-order valence-corrected chi connectivity index (χ2v) is 9.55. The van der Waals surface area contributed by atoms with Crippen LogP contribution in [0.25, 0.3) is 0 Å². The van der Waals surface area contributed by atoms with Crippen LogP contribution in [-0.4, -0.2) is 106 Å². The van der Waals surface area contributed by atoms with Crippen molar-refractivity contribution in [1.29, 1.82) is 0 Å². The Morgan fingerprint density at radius 1 is 0.724 bits per heavy atom. The van der Waals surface area contributed by atoms with Gasteiger partial charge in [-0.2, -0.15) is 0 Å². The van der Waals surface area contributed by atoms with Gasteiger partial charge in [0.15, 0.2) is 0 Å². The van der Waals surface area contributed by atoms with Gasteiger partial charge in [0.25, 0.3) is 0 Å². The van der Waals surface area contributed by atoms with Gasteiger partial charge in [0.1, 0.15) is 42.7 Å². The fourth-order valence-corrected chi connectivity index (χ4v) is 4.37. The SMILES string of the molecule is O=P(O)(O)O[C@@H]1[C@@H](O)[C@@H](O)[C@@H](OP(=O)(O)OC[C@@H](O)CO)[C@H](O)[C@H]1OP(=O)(O)O. The van der Waals surface area contributed by atoms with Crippen LogP contribution in [0.2, 0.25) is 0 Å². The van der Waals surface area contributed by atoms with E-state index in [0.717, 1.165) is 0 Å². The van der Waals surface area contributed by atoms with Crippen molar-refractivity contribution in [3.8, 4) is 0 Å². The molecule has 1 aliphatic rings. The molecule has 29 heavy (non-hydrogen) atoms. The maximum Gasteiger partial charge on any atom is 0.472 e. The van der Waals surface area contributed by atoms with Crippen LogP contribution in [0.4, 0.5) is 0 Å². The van der Waals surface area contributed by atoms with Gasteiger partial charge in [0.2, 0.25) is 0 Å². The van der Waals surface area contributed by atoms with E-state index in [9.17, 15) is 33.9 Å². The zero-order valence-corrected chi connectivity index (χ0v) is 16.8. The number of phosphoric acid groups is 3. The molecule has 0 radical (unpaired) electrons. The third-order valence-corrected chi connectivity index (χ3v) is 5.46. The summed E-state index contributed by atoms with van der Waals surface area (Å²) in [6.07, 6.45) is -16.2. The monoisotopic (exact) mass is 494 g/mol. The Bertz CT molecular complexity index is 673. The van der Waals surface area contributed by atoms with Gasteiger partial charge in [-0.05, 0) is 0 Å². The molecular weight excluding hydrogens is 473 g/mol. The Kier molecular flexibility index (Phi) is 9.52. The molecule has 8 atom stereocenters. The zero-order chi connectivity index (χ0) is 22.8. The summed E-state index contributed by atoms with van der Waals surface area (Å²) < 4.78 is 51.0. The van der Waals surface area contributed by atoms with E-state index in [1.807, 2.05) is 0 Å². The standard InChI is InChI=1S/C9H21O17P3/c10-1-3(11)2-23-29(21,22)26-7-4(12)5(13)8(24-27(15,16)17)9(6(7)14)25-28(18,19)20/h3-14H,1-2H2,(H,21,22)(H2,15,16,17)(H2,18,19,20)/t3-,4+,5-,6-,7+,8+,9+/m0/s1. The Labute approximate surface area is 162 Å². The highest BCUT2D eigenvalue weighted by Gasteiger charge is 2.56. The Hall–Kier alpha value is 0.130. The largest absolute Gasteiger partial charge is 0.472 e. The minimum Gasteiger partial charge on any atom is -0.394 e. The van der Waals surface area contributed by atoms with Crippen LogP contribution < -0.4 is 0 Å². The predicted molar refractivity (Wildman–Crippen MR) is 85.6 cm³/mol. The number of hydrogen-bond donors (Lipinski definition) is 10. The first kappa shape index (κ1) is 27.2. The van der Waals surface area contributed by atoms with E-state index in [4.69, 9.17) is 29.8 Å². The van der Waals surface area contributed by atoms with Gasteiger partial charge < -0.3 is 50.0 Å². The average Bonchev–Trinajstić information content (AvgIpc) is 2.56. The smallest absolute Gasteiger partial charge is 0.394 e. The number of rotatable bonds is 10. The molecule has 1 aliphatic carbocycles. The third kappa shape index (κ3) is 8.65. The van der Waals surface area contributed by atoms with Gasteiger partial charge in [-0.3, -0.25) is 18.1 Å². The van der Waals surface area contributed by atoms with Crippen LogP contribution in [0.1, 0.15) is 0 Å². The lowest BCUT2D eigenvalue weighted by atomic mass is 9.85. The van der Waals surface area contributed by atoms with Crippen LogP contribution in [0, 0.1) is 0 Å². The fraction of sp³-hybridized carbons (Fsp3) is 1.00. The van der Waals surface area contributed by atoms with Gasteiger partial charge in [0, 0.05) is 0 Å². The lowest BCUT2D eigenvalue weighted by Gasteiger charge is -2.44. The summed E-state index contributed by atoms with van der Waals surface area (Å²) in [6, 6.07) is 0. The first-order valence-corrected chi connectivity index (χ1v) is 12.0. The molecule has 0 aliphatic heterocycles. The quantitative estimate of drug-likeness (QED) is 0.129. The zero-order valence-electron chi connectivity index (χ0n) is 14.1. The molecule has 0 aromatic rings. The molecular formula is C9H21O17P3. The number of aliphatic hydroxyl groups excluding tert-OH is 5. The van der Waals surface area contributed by atoms with Gasteiger partial charge in [-0.25, -0.2) is 13.7 Å². The summed E-state index contributed by atoms with van der Waals surface area (Å²) in [6.45, 7) is -1.81. The molecule has 20 heteroatoms. The van der Waals surface area contributed by atoms with Crippen molar-refractivity contribution in [3.63, 3.8) is 0 Å². The number of aliphatic hydroxyl groups is 5. The van der Waals surface area contributed by atoms with E-state index in [-0.39, 0.29) is 0 Å². The van der Waals surface area contributed by atoms with Crippen LogP contribution in [0.3, 0.4) is 0 Å². The van der Waals surface area contributed by atoms with Crippen LogP contribution in [0.15, 0.2) is 0 Å². The molecule has 0 spiro atoms. The maximum absolute atomic E-state index is 11.9. The topological polar surface area (TPSA) is 290 Å². The Morgan fingerprint density at radius 2 is 1.14 bits per heavy atom. The lowest BCUT2D eigenvalue weighted by molar-refractivity contribution is -0.213. The highest BCUT2D eigenvalue weighted by Crippen LogP contribution is 2.51. The van der Waals surface area contributed by atoms with Gasteiger partial charge in [0.05, 0.1) is 13.2 Å². The van der Waals surface area contributed by atoms with Crippen molar-refractivity contribution < 1.29 is 81.8 Å². The van der Waals surface area contributed by atoms with Crippen molar-refractivity contribution in [3.05, 3.63) is 0 Å². The van der Waals surface area contributed by atoms with Gasteiger partial charge in [-0.15, -0.1) is 0 Å². The van der Waals surface area contributed by atoms with Gasteiger partial charge >= 0.3 is 23.5 Å². The minimum absolute atomic E-state index is 0.868. The van der Waals surface area contributed by atoms with Crippen molar-refractivity contribution >= 4 is 23.5 Å². The molecule has 0 amide bonds. The second kappa shape index (κ2) is 10.2. The summed E-state index contributed by atoms with van der Waals surface area (Å²) in [4.78, 5) is 45.1. The maximum atomic E-state index is 11.9. The van der Waals surface area contributed by atoms with E-state index in [2.05, 4.69) is 18.1 Å². The molecule has 0 aromatic carbocycles. The summed E-state index contributed by atoms with van der Waals surface area (Å²) in [7, 11) is -16.2. The van der Waals surface area contributed by atoms with Crippen molar-refractivity contribution in [2.45, 2.75) is 42.7 Å². The molecule has 17 nitrogen and oxygen atoms in total. The second-order valence-electron chi connectivity index (χ2n) is 5.76. The highest BCUT2D eigenvalue weighted by molar-refractivity contribution is 7.47. The molecule has 0 heterocycles. The summed E-state index contributed by atoms with van der Waals surface area (Å²) in [5.41, 5.74) is 0. The fourth-order valence-electron chi connectivity index (χ4n) is 2.27. The molecule has 1 fully saturated rings. The van der Waals surface area contributed by atoms with Crippen LogP contribution >= 0.6 is 23.5 Å². The minimum atomic E-state index is -5.49. The van der Waals surface area contributed by atoms with Crippen molar-refractivity contribution in [2.24, 2.45) is 0 Å². The van der Waals surface area contributed by atoms with Gasteiger partial charge in [-0.1, -0.05) is 0 Å². The van der Waals surface area contributed by atoms with E-state index < -0.39 is 79.4 Å². The summed E-state index contributed by atoms with van der Waals surface area (Å²) in [5.74, 6) is 0. The van der Waals surface area contributed by atoms with E-state index in [1.165, 1.54) is 0 Å². The van der Waals surface area contributed by atoms with Crippen LogP contribution in [0.5, 0.6) is 0 Å². The molecule has 0 bridgehead atoms. The molecule has 0 saturated heterocycles. The van der Waals surface area contributed by atoms with E-state index >= 15 is 0 Å². The van der Waals surface area contributed by atoms with Crippen LogP contribution in [-0.2, 0) is 31.8 Å². The summed E-state index contributed by atoms with van der Waals surface area (Å²) >= 11 is 0. The lowest BCUT2D eigenvalue weighted by Crippen LogP contribution is -2.65. The molecule has 1 saturated carbocycles. The third-order valence-electron chi connectivity index (χ3n) is 3.43. The molecule has 174 valence electrons. The number of hydrogen-bond acceptors (Lipinski definition) is 12. The first-order valence-electron chi connectivity index (χ1n) is 7.44. The Morgan fingerprint density at radius 3 is 1.55 bits per heavy atom. The van der Waals surface area contributed by atoms with E-state index in [1.54, 1.807) is 0 Å². The first-order chi connectivity index (χ1) is 13.0. The van der Waals surface area contributed by atoms with E-state index in [0.29, 0.717) is 0 Å². The van der Waals surface area contributed by atoms with Crippen molar-refractivity contribution in [2.75, 3.05) is 13.2 Å².